The van der Waals surface area contributed by atoms with E-state index in [-0.39, 0.29) is 0 Å². The predicted molar refractivity (Wildman–Crippen MR) is 65.1 cm³/mol. The van der Waals surface area contributed by atoms with E-state index in [1.165, 1.54) is 0 Å². The van der Waals surface area contributed by atoms with Gasteiger partial charge in [-0.1, -0.05) is 0 Å². The van der Waals surface area contributed by atoms with Crippen molar-refractivity contribution >= 4 is 38.6 Å². The van der Waals surface area contributed by atoms with Crippen LogP contribution in [-0.4, -0.2) is 9.97 Å². The van der Waals surface area contributed by atoms with E-state index in [2.05, 4.69) is 9.97 Å². The number of aromatic nitrogens is 2. The van der Waals surface area contributed by atoms with Crippen LogP contribution in [0.1, 0.15) is 0 Å². The molecule has 0 aromatic carbocycles. The molecule has 3 aromatic heterocycles. The summed E-state index contributed by atoms with van der Waals surface area (Å²) in [6, 6.07) is 3.88. The lowest BCUT2D eigenvalue weighted by Gasteiger charge is -1.90. The summed E-state index contributed by atoms with van der Waals surface area (Å²) >= 11 is 3.27. The highest BCUT2D eigenvalue weighted by Crippen LogP contribution is 2.36. The fourth-order valence-corrected chi connectivity index (χ4v) is 3.24. The predicted octanol–water partition coefficient (Wildman–Crippen LogP) is 3.00. The molecule has 3 rings (SSSR count). The van der Waals surface area contributed by atoms with Crippen molar-refractivity contribution in [1.29, 1.82) is 0 Å². The Morgan fingerprint density at radius 3 is 2.93 bits per heavy atom. The molecule has 0 unspecified atom stereocenters. The number of rotatable bonds is 1. The first-order chi connectivity index (χ1) is 7.34. The molecule has 0 saturated carbocycles. The van der Waals surface area contributed by atoms with Gasteiger partial charge in [0, 0.05) is 6.20 Å². The van der Waals surface area contributed by atoms with E-state index in [0.29, 0.717) is 0 Å². The standard InChI is InChI=1S/C10H7N3S2/c11-6-2-4-14-9(6)10-13-7-5-12-3-1-8(7)15-10/h1-5H,11H2. The molecule has 0 spiro atoms. The summed E-state index contributed by atoms with van der Waals surface area (Å²) in [4.78, 5) is 9.60. The molecule has 5 heteroatoms. The summed E-state index contributed by atoms with van der Waals surface area (Å²) in [5.74, 6) is 0. The van der Waals surface area contributed by atoms with Crippen molar-refractivity contribution in [1.82, 2.24) is 9.97 Å². The maximum Gasteiger partial charge on any atom is 0.136 e. The van der Waals surface area contributed by atoms with E-state index < -0.39 is 0 Å². The van der Waals surface area contributed by atoms with Gasteiger partial charge in [0.15, 0.2) is 0 Å². The second kappa shape index (κ2) is 3.29. The van der Waals surface area contributed by atoms with Crippen molar-refractivity contribution in [2.75, 3.05) is 5.73 Å². The van der Waals surface area contributed by atoms with Crippen molar-refractivity contribution in [3.63, 3.8) is 0 Å². The molecule has 2 N–H and O–H groups in total. The molecule has 15 heavy (non-hydrogen) atoms. The lowest BCUT2D eigenvalue weighted by molar-refractivity contribution is 1.34. The number of fused-ring (bicyclic) bond motifs is 1. The molecule has 0 fully saturated rings. The molecule has 3 heterocycles. The molecule has 3 nitrogen and oxygen atoms in total. The number of anilines is 1. The normalized spacial score (nSPS) is 10.9. The molecule has 74 valence electrons. The monoisotopic (exact) mass is 233 g/mol. The minimum Gasteiger partial charge on any atom is -0.397 e. The topological polar surface area (TPSA) is 51.8 Å². The molecule has 0 aliphatic carbocycles. The van der Waals surface area contributed by atoms with Crippen LogP contribution in [0.15, 0.2) is 29.9 Å². The Morgan fingerprint density at radius 1 is 1.27 bits per heavy atom. The van der Waals surface area contributed by atoms with Gasteiger partial charge >= 0.3 is 0 Å². The van der Waals surface area contributed by atoms with Gasteiger partial charge in [-0.2, -0.15) is 0 Å². The third-order valence-corrected chi connectivity index (χ3v) is 4.20. The summed E-state index contributed by atoms with van der Waals surface area (Å²) in [7, 11) is 0. The number of nitrogens with two attached hydrogens (primary N) is 1. The highest BCUT2D eigenvalue weighted by atomic mass is 32.1. The molecule has 0 bridgehead atoms. The van der Waals surface area contributed by atoms with Crippen LogP contribution in [0.25, 0.3) is 20.1 Å². The number of hydrogen-bond acceptors (Lipinski definition) is 5. The maximum absolute atomic E-state index is 5.86. The van der Waals surface area contributed by atoms with E-state index in [1.54, 1.807) is 35.1 Å². The smallest absolute Gasteiger partial charge is 0.136 e. The fourth-order valence-electron chi connectivity index (χ4n) is 1.37. The van der Waals surface area contributed by atoms with Crippen molar-refractivity contribution in [2.24, 2.45) is 0 Å². The van der Waals surface area contributed by atoms with Crippen LogP contribution >= 0.6 is 22.7 Å². The van der Waals surface area contributed by atoms with Crippen molar-refractivity contribution < 1.29 is 0 Å². The van der Waals surface area contributed by atoms with E-state index in [1.807, 2.05) is 17.5 Å². The lowest BCUT2D eigenvalue weighted by Crippen LogP contribution is -1.82. The molecule has 0 aliphatic rings. The highest BCUT2D eigenvalue weighted by Gasteiger charge is 2.09. The van der Waals surface area contributed by atoms with Crippen molar-refractivity contribution in [2.45, 2.75) is 0 Å². The van der Waals surface area contributed by atoms with E-state index in [4.69, 9.17) is 5.73 Å². The van der Waals surface area contributed by atoms with Gasteiger partial charge in [-0.25, -0.2) is 4.98 Å². The third kappa shape index (κ3) is 1.40. The molecule has 0 saturated heterocycles. The minimum atomic E-state index is 0.798. The van der Waals surface area contributed by atoms with Crippen LogP contribution in [-0.2, 0) is 0 Å². The third-order valence-electron chi connectivity index (χ3n) is 2.08. The number of thiazole rings is 1. The second-order valence-corrected chi connectivity index (χ2v) is 5.01. The van der Waals surface area contributed by atoms with Crippen LogP contribution in [0.5, 0.6) is 0 Å². The first-order valence-electron chi connectivity index (χ1n) is 4.38. The molecule has 0 radical (unpaired) electrons. The molecule has 0 atom stereocenters. The van der Waals surface area contributed by atoms with Gasteiger partial charge in [0.2, 0.25) is 0 Å². The van der Waals surface area contributed by atoms with Crippen LogP contribution in [0.2, 0.25) is 0 Å². The number of thiophene rings is 1. The molecular formula is C10H7N3S2. The average Bonchev–Trinajstić information content (AvgIpc) is 2.82. The Kier molecular flexibility index (Phi) is 1.93. The van der Waals surface area contributed by atoms with Crippen LogP contribution in [0.3, 0.4) is 0 Å². The number of hydrogen-bond donors (Lipinski definition) is 1. The summed E-state index contributed by atoms with van der Waals surface area (Å²) in [6.07, 6.45) is 3.56. The second-order valence-electron chi connectivity index (χ2n) is 3.07. The first kappa shape index (κ1) is 8.82. The zero-order valence-electron chi connectivity index (χ0n) is 7.68. The minimum absolute atomic E-state index is 0.798. The molecular weight excluding hydrogens is 226 g/mol. The fraction of sp³-hybridized carbons (Fsp3) is 0. The molecule has 3 aromatic rings. The van der Waals surface area contributed by atoms with Crippen molar-refractivity contribution in [3.8, 4) is 9.88 Å². The van der Waals surface area contributed by atoms with Crippen LogP contribution in [0.4, 0.5) is 5.69 Å². The zero-order chi connectivity index (χ0) is 10.3. The lowest BCUT2D eigenvalue weighted by atomic mass is 10.4. The van der Waals surface area contributed by atoms with Gasteiger partial charge < -0.3 is 5.73 Å². The Balaban J connectivity index is 2.24. The summed E-state index contributed by atoms with van der Waals surface area (Å²) in [5.41, 5.74) is 7.59. The number of nitrogens with zero attached hydrogens (tertiary/aromatic N) is 2. The Hall–Kier alpha value is -1.46. The summed E-state index contributed by atoms with van der Waals surface area (Å²) < 4.78 is 1.15. The number of pyridine rings is 1. The summed E-state index contributed by atoms with van der Waals surface area (Å²) in [6.45, 7) is 0. The quantitative estimate of drug-likeness (QED) is 0.703. The number of nitrogen functional groups attached to an aromatic ring is 1. The van der Waals surface area contributed by atoms with E-state index in [0.717, 1.165) is 25.8 Å². The molecule has 0 amide bonds. The van der Waals surface area contributed by atoms with Gasteiger partial charge in [0.25, 0.3) is 0 Å². The largest absolute Gasteiger partial charge is 0.397 e. The summed E-state index contributed by atoms with van der Waals surface area (Å²) in [5, 5.41) is 2.96. The van der Waals surface area contributed by atoms with Crippen molar-refractivity contribution in [3.05, 3.63) is 29.9 Å². The maximum atomic E-state index is 5.86. The van der Waals surface area contributed by atoms with Crippen LogP contribution in [0, 0.1) is 0 Å². The van der Waals surface area contributed by atoms with E-state index >= 15 is 0 Å². The Bertz CT molecular complexity index is 579. The van der Waals surface area contributed by atoms with Gasteiger partial charge in [-0.05, 0) is 17.5 Å². The van der Waals surface area contributed by atoms with Gasteiger partial charge in [-0.3, -0.25) is 4.98 Å². The molecule has 0 aliphatic heterocycles. The first-order valence-corrected chi connectivity index (χ1v) is 6.08. The van der Waals surface area contributed by atoms with Gasteiger partial charge in [-0.15, -0.1) is 22.7 Å². The van der Waals surface area contributed by atoms with Gasteiger partial charge in [0.05, 0.1) is 21.5 Å². The average molecular weight is 233 g/mol. The van der Waals surface area contributed by atoms with Crippen LogP contribution < -0.4 is 5.73 Å². The highest BCUT2D eigenvalue weighted by molar-refractivity contribution is 7.25. The Morgan fingerprint density at radius 2 is 2.20 bits per heavy atom. The van der Waals surface area contributed by atoms with Gasteiger partial charge in [0.1, 0.15) is 10.5 Å². The zero-order valence-corrected chi connectivity index (χ0v) is 9.31. The SMILES string of the molecule is Nc1ccsc1-c1nc2cnccc2s1. The van der Waals surface area contributed by atoms with E-state index in [9.17, 15) is 0 Å². The Labute approximate surface area is 94.2 Å².